The number of carbonyl (C=O) groups excluding carboxylic acids is 1. The van der Waals surface area contributed by atoms with Gasteiger partial charge in [0, 0.05) is 5.92 Å². The summed E-state index contributed by atoms with van der Waals surface area (Å²) in [4.78, 5) is 12.9. The minimum atomic E-state index is -0.353. The highest BCUT2D eigenvalue weighted by molar-refractivity contribution is 5.76. The van der Waals surface area contributed by atoms with E-state index < -0.39 is 0 Å². The van der Waals surface area contributed by atoms with Crippen LogP contribution >= 0.6 is 0 Å². The van der Waals surface area contributed by atoms with Crippen molar-refractivity contribution in [3.8, 4) is 0 Å². The van der Waals surface area contributed by atoms with Gasteiger partial charge in [0.25, 0.3) is 0 Å². The quantitative estimate of drug-likeness (QED) is 0.630. The van der Waals surface area contributed by atoms with Gasteiger partial charge in [0.2, 0.25) is 0 Å². The van der Waals surface area contributed by atoms with Gasteiger partial charge in [-0.25, -0.2) is 0 Å². The first-order valence-corrected chi connectivity index (χ1v) is 9.99. The lowest BCUT2D eigenvalue weighted by Crippen LogP contribution is -2.51. The second kappa shape index (κ2) is 6.08. The second-order valence-corrected chi connectivity index (χ2v) is 9.83. The molecule has 0 aromatic carbocycles. The molecule has 3 saturated carbocycles. The molecular formula is C21H36O2. The van der Waals surface area contributed by atoms with Gasteiger partial charge in [-0.2, -0.15) is 0 Å². The van der Waals surface area contributed by atoms with Crippen molar-refractivity contribution in [1.82, 2.24) is 0 Å². The highest BCUT2D eigenvalue weighted by Crippen LogP contribution is 2.57. The van der Waals surface area contributed by atoms with Crippen LogP contribution in [0.1, 0.15) is 86.0 Å². The molecule has 5 atom stereocenters. The van der Waals surface area contributed by atoms with E-state index in [1.54, 1.807) is 0 Å². The number of esters is 1. The lowest BCUT2D eigenvalue weighted by atomic mass is 9.64. The first-order valence-electron chi connectivity index (χ1n) is 9.99. The maximum atomic E-state index is 12.9. The van der Waals surface area contributed by atoms with E-state index in [1.807, 2.05) is 13.8 Å². The highest BCUT2D eigenvalue weighted by Gasteiger charge is 2.55. The van der Waals surface area contributed by atoms with Crippen LogP contribution < -0.4 is 0 Å². The van der Waals surface area contributed by atoms with Gasteiger partial charge in [-0.05, 0) is 82.5 Å². The standard InChI is InChI=1S/C21H36O2/c1-6-20(4,5)19(22)23-21(12-14(2)9-15(3)13-21)18-11-16-7-8-17(18)10-16/h14-18H,6-13H2,1-5H3. The van der Waals surface area contributed by atoms with Crippen molar-refractivity contribution in [2.45, 2.75) is 91.6 Å². The van der Waals surface area contributed by atoms with Crippen LogP contribution in [0.5, 0.6) is 0 Å². The Balaban J connectivity index is 1.86. The fraction of sp³-hybridized carbons (Fsp3) is 0.952. The number of fused-ring (bicyclic) bond motifs is 2. The van der Waals surface area contributed by atoms with E-state index in [-0.39, 0.29) is 17.0 Å². The minimum Gasteiger partial charge on any atom is -0.458 e. The minimum absolute atomic E-state index is 0.0454. The molecule has 3 fully saturated rings. The lowest BCUT2D eigenvalue weighted by molar-refractivity contribution is -0.190. The molecule has 3 aliphatic rings. The van der Waals surface area contributed by atoms with Gasteiger partial charge in [0.1, 0.15) is 5.60 Å². The Morgan fingerprint density at radius 2 is 1.74 bits per heavy atom. The van der Waals surface area contributed by atoms with Gasteiger partial charge < -0.3 is 4.74 Å². The Hall–Kier alpha value is -0.530. The molecule has 5 unspecified atom stereocenters. The summed E-state index contributed by atoms with van der Waals surface area (Å²) in [6.07, 6.45) is 9.81. The van der Waals surface area contributed by atoms with Crippen LogP contribution in [0.4, 0.5) is 0 Å². The molecule has 132 valence electrons. The Morgan fingerprint density at radius 3 is 2.22 bits per heavy atom. The molecule has 0 amide bonds. The molecule has 0 aromatic rings. The average molecular weight is 321 g/mol. The predicted molar refractivity (Wildman–Crippen MR) is 94.0 cm³/mol. The van der Waals surface area contributed by atoms with E-state index in [4.69, 9.17) is 4.74 Å². The molecule has 23 heavy (non-hydrogen) atoms. The average Bonchev–Trinajstić information content (AvgIpc) is 3.08. The van der Waals surface area contributed by atoms with Gasteiger partial charge >= 0.3 is 5.97 Å². The number of carbonyl (C=O) groups is 1. The molecule has 0 saturated heterocycles. The van der Waals surface area contributed by atoms with Crippen LogP contribution in [-0.4, -0.2) is 11.6 Å². The van der Waals surface area contributed by atoms with Crippen molar-refractivity contribution in [3.05, 3.63) is 0 Å². The molecule has 0 spiro atoms. The summed E-state index contributed by atoms with van der Waals surface area (Å²) in [6, 6.07) is 0. The molecule has 0 radical (unpaired) electrons. The van der Waals surface area contributed by atoms with E-state index >= 15 is 0 Å². The Bertz CT molecular complexity index is 443. The van der Waals surface area contributed by atoms with Crippen molar-refractivity contribution < 1.29 is 9.53 Å². The third-order valence-corrected chi connectivity index (χ3v) is 7.34. The molecule has 2 bridgehead atoms. The smallest absolute Gasteiger partial charge is 0.312 e. The topological polar surface area (TPSA) is 26.3 Å². The molecule has 3 rings (SSSR count). The van der Waals surface area contributed by atoms with Crippen LogP contribution in [-0.2, 0) is 9.53 Å². The van der Waals surface area contributed by atoms with Gasteiger partial charge in [-0.1, -0.05) is 27.2 Å². The van der Waals surface area contributed by atoms with Gasteiger partial charge in [-0.15, -0.1) is 0 Å². The summed E-state index contributed by atoms with van der Waals surface area (Å²) in [7, 11) is 0. The van der Waals surface area contributed by atoms with Crippen molar-refractivity contribution >= 4 is 5.97 Å². The van der Waals surface area contributed by atoms with Crippen molar-refractivity contribution in [2.75, 3.05) is 0 Å². The van der Waals surface area contributed by atoms with Crippen LogP contribution in [0.3, 0.4) is 0 Å². The Labute approximate surface area is 142 Å². The molecule has 2 heteroatoms. The summed E-state index contributed by atoms with van der Waals surface area (Å²) in [5, 5.41) is 0. The Morgan fingerprint density at radius 1 is 1.09 bits per heavy atom. The largest absolute Gasteiger partial charge is 0.458 e. The summed E-state index contributed by atoms with van der Waals surface area (Å²) >= 11 is 0. The van der Waals surface area contributed by atoms with Gasteiger partial charge in [-0.3, -0.25) is 4.79 Å². The van der Waals surface area contributed by atoms with Crippen LogP contribution in [0.25, 0.3) is 0 Å². The van der Waals surface area contributed by atoms with Crippen molar-refractivity contribution in [2.24, 2.45) is 35.0 Å². The molecular weight excluding hydrogens is 284 g/mol. The maximum absolute atomic E-state index is 12.9. The van der Waals surface area contributed by atoms with Crippen LogP contribution in [0.2, 0.25) is 0 Å². The zero-order chi connectivity index (χ0) is 16.8. The van der Waals surface area contributed by atoms with Crippen LogP contribution in [0.15, 0.2) is 0 Å². The van der Waals surface area contributed by atoms with E-state index in [1.165, 1.54) is 32.1 Å². The van der Waals surface area contributed by atoms with E-state index in [0.717, 1.165) is 31.1 Å². The van der Waals surface area contributed by atoms with Gasteiger partial charge in [0.15, 0.2) is 0 Å². The number of ether oxygens (including phenoxy) is 1. The van der Waals surface area contributed by atoms with E-state index in [2.05, 4.69) is 20.8 Å². The van der Waals surface area contributed by atoms with E-state index in [0.29, 0.717) is 17.8 Å². The fourth-order valence-corrected chi connectivity index (χ4v) is 5.93. The predicted octanol–water partition coefficient (Wildman–Crippen LogP) is 5.60. The van der Waals surface area contributed by atoms with Crippen molar-refractivity contribution in [1.29, 1.82) is 0 Å². The molecule has 0 heterocycles. The monoisotopic (exact) mass is 320 g/mol. The summed E-state index contributed by atoms with van der Waals surface area (Å²) in [5.41, 5.74) is -0.519. The normalized spacial score (nSPS) is 43.6. The number of hydrogen-bond acceptors (Lipinski definition) is 2. The van der Waals surface area contributed by atoms with Gasteiger partial charge in [0.05, 0.1) is 5.41 Å². The summed E-state index contributed by atoms with van der Waals surface area (Å²) in [5.74, 6) is 3.75. The van der Waals surface area contributed by atoms with E-state index in [9.17, 15) is 4.79 Å². The number of rotatable bonds is 4. The first-order chi connectivity index (χ1) is 10.8. The molecule has 2 nitrogen and oxygen atoms in total. The third-order valence-electron chi connectivity index (χ3n) is 7.34. The van der Waals surface area contributed by atoms with Crippen molar-refractivity contribution in [3.63, 3.8) is 0 Å². The fourth-order valence-electron chi connectivity index (χ4n) is 5.93. The number of hydrogen-bond donors (Lipinski definition) is 0. The molecule has 0 N–H and O–H groups in total. The first kappa shape index (κ1) is 17.3. The highest BCUT2D eigenvalue weighted by atomic mass is 16.6. The maximum Gasteiger partial charge on any atom is 0.312 e. The molecule has 0 aliphatic heterocycles. The zero-order valence-corrected chi connectivity index (χ0v) is 15.9. The zero-order valence-electron chi connectivity index (χ0n) is 15.9. The molecule has 0 aromatic heterocycles. The Kier molecular flexibility index (Phi) is 4.57. The summed E-state index contributed by atoms with van der Waals surface area (Å²) < 4.78 is 6.47. The molecule has 3 aliphatic carbocycles. The third kappa shape index (κ3) is 3.20. The second-order valence-electron chi connectivity index (χ2n) is 9.83. The lowest BCUT2D eigenvalue weighted by Gasteiger charge is -2.49. The SMILES string of the molecule is CCC(C)(C)C(=O)OC1(C2CC3CCC2C3)CC(C)CC(C)C1. The summed E-state index contributed by atoms with van der Waals surface area (Å²) in [6.45, 7) is 10.9. The van der Waals surface area contributed by atoms with Crippen LogP contribution in [0, 0.1) is 35.0 Å².